The fraction of sp³-hybridized carbons (Fsp3) is 0.250. The van der Waals surface area contributed by atoms with Crippen LogP contribution in [0.3, 0.4) is 0 Å². The molecule has 0 fully saturated rings. The Morgan fingerprint density at radius 3 is 2.79 bits per heavy atom. The number of aliphatic hydroxyl groups is 1. The Morgan fingerprint density at radius 2 is 2.14 bits per heavy atom. The van der Waals surface area contributed by atoms with Gasteiger partial charge in [0.05, 0.1) is 12.2 Å². The van der Waals surface area contributed by atoms with Gasteiger partial charge in [0.15, 0.2) is 0 Å². The number of hydrogen-bond acceptors (Lipinski definition) is 2. The van der Waals surface area contributed by atoms with E-state index >= 15 is 0 Å². The third-order valence-electron chi connectivity index (χ3n) is 2.11. The van der Waals surface area contributed by atoms with Crippen LogP contribution in [0.2, 0.25) is 0 Å². The normalized spacial score (nSPS) is 12.7. The zero-order valence-electron chi connectivity index (χ0n) is 8.36. The number of benzene rings is 1. The molecule has 0 spiro atoms. The Balaban J connectivity index is 3.00. The maximum Gasteiger partial charge on any atom is 0.0984 e. The number of hydrogen-bond donors (Lipinski definition) is 1. The predicted molar refractivity (Wildman–Crippen MR) is 55.6 cm³/mol. The van der Waals surface area contributed by atoms with Gasteiger partial charge in [-0.15, -0.1) is 0 Å². The molecule has 2 nitrogen and oxygen atoms in total. The zero-order chi connectivity index (χ0) is 10.6. The molecular weight excluding hydrogens is 174 g/mol. The first kappa shape index (κ1) is 10.5. The Labute approximate surface area is 84.1 Å². The second-order valence-electron chi connectivity index (χ2n) is 3.29. The van der Waals surface area contributed by atoms with Gasteiger partial charge in [-0.25, -0.2) is 0 Å². The van der Waals surface area contributed by atoms with Crippen LogP contribution in [0.15, 0.2) is 30.4 Å². The van der Waals surface area contributed by atoms with E-state index in [2.05, 4.69) is 0 Å². The van der Waals surface area contributed by atoms with Crippen LogP contribution in [0.1, 0.15) is 22.8 Å². The molecule has 0 amide bonds. The van der Waals surface area contributed by atoms with Crippen LogP contribution in [0, 0.1) is 25.2 Å². The molecule has 1 aromatic rings. The quantitative estimate of drug-likeness (QED) is 0.722. The predicted octanol–water partition coefficient (Wildman–Crippen LogP) is 2.42. The molecule has 0 saturated heterocycles. The second-order valence-corrected chi connectivity index (χ2v) is 3.29. The van der Waals surface area contributed by atoms with Gasteiger partial charge < -0.3 is 5.11 Å². The zero-order valence-corrected chi connectivity index (χ0v) is 8.36. The van der Waals surface area contributed by atoms with E-state index < -0.39 is 6.10 Å². The lowest BCUT2D eigenvalue weighted by Gasteiger charge is -2.10. The smallest absolute Gasteiger partial charge is 0.0984 e. The van der Waals surface area contributed by atoms with Crippen molar-refractivity contribution in [2.45, 2.75) is 20.0 Å². The molecule has 0 radical (unpaired) electrons. The van der Waals surface area contributed by atoms with E-state index in [0.29, 0.717) is 0 Å². The van der Waals surface area contributed by atoms with E-state index in [-0.39, 0.29) is 0 Å². The summed E-state index contributed by atoms with van der Waals surface area (Å²) in [4.78, 5) is 0. The molecule has 0 bridgehead atoms. The lowest BCUT2D eigenvalue weighted by Crippen LogP contribution is -1.96. The minimum atomic E-state index is -0.686. The van der Waals surface area contributed by atoms with E-state index in [9.17, 15) is 5.11 Å². The number of allylic oxidation sites excluding steroid dienone is 1. The van der Waals surface area contributed by atoms with Crippen molar-refractivity contribution in [3.63, 3.8) is 0 Å². The monoisotopic (exact) mass is 187 g/mol. The van der Waals surface area contributed by atoms with Crippen molar-refractivity contribution in [2.24, 2.45) is 0 Å². The van der Waals surface area contributed by atoms with Crippen LogP contribution in [0.5, 0.6) is 0 Å². The van der Waals surface area contributed by atoms with Gasteiger partial charge in [-0.05, 0) is 31.1 Å². The third kappa shape index (κ3) is 2.45. The number of aliphatic hydroxyl groups excluding tert-OH is 1. The van der Waals surface area contributed by atoms with Gasteiger partial charge in [0.25, 0.3) is 0 Å². The van der Waals surface area contributed by atoms with Crippen molar-refractivity contribution >= 4 is 0 Å². The van der Waals surface area contributed by atoms with E-state index in [1.165, 1.54) is 12.2 Å². The molecule has 1 N–H and O–H groups in total. The van der Waals surface area contributed by atoms with Crippen LogP contribution in [-0.2, 0) is 0 Å². The van der Waals surface area contributed by atoms with Crippen LogP contribution in [0.25, 0.3) is 0 Å². The molecule has 72 valence electrons. The number of aryl methyl sites for hydroxylation is 2. The first-order chi connectivity index (χ1) is 6.65. The highest BCUT2D eigenvalue weighted by Crippen LogP contribution is 2.19. The molecule has 1 aromatic carbocycles. The summed E-state index contributed by atoms with van der Waals surface area (Å²) >= 11 is 0. The average molecular weight is 187 g/mol. The molecule has 0 aromatic heterocycles. The molecule has 14 heavy (non-hydrogen) atoms. The van der Waals surface area contributed by atoms with Crippen LogP contribution >= 0.6 is 0 Å². The van der Waals surface area contributed by atoms with Crippen molar-refractivity contribution in [3.8, 4) is 6.07 Å². The summed E-state index contributed by atoms with van der Waals surface area (Å²) in [7, 11) is 0. The summed E-state index contributed by atoms with van der Waals surface area (Å²) in [6.07, 6.45) is 2.10. The molecule has 1 atom stereocenters. The Hall–Kier alpha value is -1.59. The van der Waals surface area contributed by atoms with Gasteiger partial charge in [-0.3, -0.25) is 0 Å². The third-order valence-corrected chi connectivity index (χ3v) is 2.11. The van der Waals surface area contributed by atoms with Crippen LogP contribution < -0.4 is 0 Å². The van der Waals surface area contributed by atoms with Crippen molar-refractivity contribution in [2.75, 3.05) is 0 Å². The Morgan fingerprint density at radius 1 is 1.43 bits per heavy atom. The van der Waals surface area contributed by atoms with E-state index in [0.717, 1.165) is 16.7 Å². The lowest BCUT2D eigenvalue weighted by atomic mass is 10.0. The molecule has 0 aliphatic carbocycles. The van der Waals surface area contributed by atoms with Gasteiger partial charge in [0.1, 0.15) is 0 Å². The molecule has 0 heterocycles. The molecular formula is C12H13NO. The first-order valence-electron chi connectivity index (χ1n) is 4.46. The summed E-state index contributed by atoms with van der Waals surface area (Å²) in [5, 5.41) is 18.1. The summed E-state index contributed by atoms with van der Waals surface area (Å²) in [5.41, 5.74) is 3.00. The molecule has 2 heteroatoms. The van der Waals surface area contributed by atoms with Gasteiger partial charge >= 0.3 is 0 Å². The van der Waals surface area contributed by atoms with E-state index in [1.54, 1.807) is 0 Å². The lowest BCUT2D eigenvalue weighted by molar-refractivity contribution is 0.228. The summed E-state index contributed by atoms with van der Waals surface area (Å²) < 4.78 is 0. The largest absolute Gasteiger partial charge is 0.384 e. The van der Waals surface area contributed by atoms with E-state index in [1.807, 2.05) is 38.1 Å². The van der Waals surface area contributed by atoms with Crippen LogP contribution in [-0.4, -0.2) is 5.11 Å². The van der Waals surface area contributed by atoms with Crippen molar-refractivity contribution in [1.29, 1.82) is 5.26 Å². The van der Waals surface area contributed by atoms with Gasteiger partial charge in [-0.1, -0.05) is 23.8 Å². The van der Waals surface area contributed by atoms with Gasteiger partial charge in [0.2, 0.25) is 0 Å². The highest BCUT2D eigenvalue weighted by Gasteiger charge is 2.06. The maximum atomic E-state index is 9.72. The van der Waals surface area contributed by atoms with Crippen molar-refractivity contribution in [1.82, 2.24) is 0 Å². The average Bonchev–Trinajstić information content (AvgIpc) is 2.18. The van der Waals surface area contributed by atoms with Gasteiger partial charge in [-0.2, -0.15) is 5.26 Å². The molecule has 0 aliphatic heterocycles. The molecule has 0 aliphatic rings. The highest BCUT2D eigenvalue weighted by molar-refractivity contribution is 5.34. The SMILES string of the molecule is Cc1ccc(C)c(C(O)/C=C/C#N)c1. The number of nitrogens with zero attached hydrogens (tertiary/aromatic N) is 1. The van der Waals surface area contributed by atoms with Gasteiger partial charge in [0, 0.05) is 6.08 Å². The summed E-state index contributed by atoms with van der Waals surface area (Å²) in [6.45, 7) is 3.92. The minimum Gasteiger partial charge on any atom is -0.384 e. The molecule has 1 unspecified atom stereocenters. The fourth-order valence-corrected chi connectivity index (χ4v) is 1.32. The van der Waals surface area contributed by atoms with Crippen molar-refractivity contribution < 1.29 is 5.11 Å². The standard InChI is InChI=1S/C12H13NO/c1-9-5-6-10(2)11(8-9)12(14)4-3-7-13/h3-6,8,12,14H,1-2H3/b4-3+. The topological polar surface area (TPSA) is 44.0 Å². The van der Waals surface area contributed by atoms with Crippen LogP contribution in [0.4, 0.5) is 0 Å². The first-order valence-corrected chi connectivity index (χ1v) is 4.46. The second kappa shape index (κ2) is 4.59. The number of nitriles is 1. The highest BCUT2D eigenvalue weighted by atomic mass is 16.3. The summed E-state index contributed by atoms with van der Waals surface area (Å²) in [5.74, 6) is 0. The Kier molecular flexibility index (Phi) is 3.44. The number of rotatable bonds is 2. The molecule has 0 saturated carbocycles. The summed E-state index contributed by atoms with van der Waals surface area (Å²) in [6, 6.07) is 7.76. The van der Waals surface area contributed by atoms with Crippen molar-refractivity contribution in [3.05, 3.63) is 47.0 Å². The Bertz CT molecular complexity index is 388. The van der Waals surface area contributed by atoms with E-state index in [4.69, 9.17) is 5.26 Å². The fourth-order valence-electron chi connectivity index (χ4n) is 1.32. The molecule has 1 rings (SSSR count). The minimum absolute atomic E-state index is 0.686. The maximum absolute atomic E-state index is 9.72.